The lowest BCUT2D eigenvalue weighted by molar-refractivity contribution is -0.142. The lowest BCUT2D eigenvalue weighted by Crippen LogP contribution is -2.35. The van der Waals surface area contributed by atoms with Crippen LogP contribution in [0.4, 0.5) is 0 Å². The van der Waals surface area contributed by atoms with Gasteiger partial charge in [-0.05, 0) is 37.1 Å². The summed E-state index contributed by atoms with van der Waals surface area (Å²) in [5.74, 6) is -0.707. The van der Waals surface area contributed by atoms with Crippen LogP contribution in [0.3, 0.4) is 0 Å². The second-order valence-corrected chi connectivity index (χ2v) is 3.82. The highest BCUT2D eigenvalue weighted by Gasteiger charge is 2.29. The van der Waals surface area contributed by atoms with Crippen molar-refractivity contribution in [1.29, 1.82) is 0 Å². The number of aromatic nitrogens is 1. The molecular formula is C11H14N2O2. The van der Waals surface area contributed by atoms with Gasteiger partial charge in [0, 0.05) is 18.9 Å². The van der Waals surface area contributed by atoms with Crippen molar-refractivity contribution < 1.29 is 9.90 Å². The number of carboxylic acid groups (broad SMARTS) is 1. The van der Waals surface area contributed by atoms with Crippen molar-refractivity contribution in [3.05, 3.63) is 30.1 Å². The Morgan fingerprint density at radius 1 is 1.53 bits per heavy atom. The minimum Gasteiger partial charge on any atom is -0.480 e. The molecule has 2 heterocycles. The molecule has 0 bridgehead atoms. The number of aliphatic carboxylic acids is 1. The van der Waals surface area contributed by atoms with Gasteiger partial charge in [0.2, 0.25) is 0 Å². The van der Waals surface area contributed by atoms with E-state index < -0.39 is 5.97 Å². The van der Waals surface area contributed by atoms with Crippen molar-refractivity contribution in [3.63, 3.8) is 0 Å². The second-order valence-electron chi connectivity index (χ2n) is 3.82. The standard InChI is InChI=1S/C11H14N2O2/c14-11(15)10-2-1-7-13(10)8-9-3-5-12-6-4-9/h3-6,10H,1-2,7-8H2,(H,14,15)/t10-/m0/s1. The summed E-state index contributed by atoms with van der Waals surface area (Å²) in [6.07, 6.45) is 5.21. The largest absolute Gasteiger partial charge is 0.480 e. The van der Waals surface area contributed by atoms with Gasteiger partial charge in [-0.2, -0.15) is 0 Å². The maximum Gasteiger partial charge on any atom is 0.320 e. The van der Waals surface area contributed by atoms with Crippen molar-refractivity contribution in [2.24, 2.45) is 0 Å². The highest BCUT2D eigenvalue weighted by molar-refractivity contribution is 5.73. The fourth-order valence-corrected chi connectivity index (χ4v) is 2.02. The Morgan fingerprint density at radius 3 is 2.93 bits per heavy atom. The summed E-state index contributed by atoms with van der Waals surface area (Å²) in [4.78, 5) is 16.9. The predicted molar refractivity (Wildman–Crippen MR) is 55.3 cm³/mol. The van der Waals surface area contributed by atoms with Crippen LogP contribution in [0.25, 0.3) is 0 Å². The molecule has 1 aromatic rings. The van der Waals surface area contributed by atoms with Crippen molar-refractivity contribution >= 4 is 5.97 Å². The van der Waals surface area contributed by atoms with Crippen LogP contribution in [0.2, 0.25) is 0 Å². The van der Waals surface area contributed by atoms with Crippen LogP contribution in [0.1, 0.15) is 18.4 Å². The van der Waals surface area contributed by atoms with Crippen molar-refractivity contribution in [3.8, 4) is 0 Å². The SMILES string of the molecule is O=C(O)[C@@H]1CCCN1Cc1ccncc1. The number of hydrogen-bond acceptors (Lipinski definition) is 3. The summed E-state index contributed by atoms with van der Waals surface area (Å²) >= 11 is 0. The molecule has 0 amide bonds. The van der Waals surface area contributed by atoms with Gasteiger partial charge in [-0.3, -0.25) is 14.7 Å². The molecule has 1 atom stereocenters. The van der Waals surface area contributed by atoms with Gasteiger partial charge in [0.1, 0.15) is 6.04 Å². The first-order chi connectivity index (χ1) is 7.27. The molecule has 1 aliphatic heterocycles. The Bertz CT molecular complexity index is 340. The molecule has 2 rings (SSSR count). The van der Waals surface area contributed by atoms with Crippen LogP contribution in [-0.2, 0) is 11.3 Å². The Morgan fingerprint density at radius 2 is 2.27 bits per heavy atom. The van der Waals surface area contributed by atoms with Crippen LogP contribution in [-0.4, -0.2) is 33.5 Å². The first-order valence-electron chi connectivity index (χ1n) is 5.13. The van der Waals surface area contributed by atoms with Crippen LogP contribution in [0, 0.1) is 0 Å². The van der Waals surface area contributed by atoms with Gasteiger partial charge in [0.05, 0.1) is 0 Å². The zero-order valence-electron chi connectivity index (χ0n) is 8.47. The van der Waals surface area contributed by atoms with Crippen LogP contribution in [0.5, 0.6) is 0 Å². The van der Waals surface area contributed by atoms with E-state index >= 15 is 0 Å². The van der Waals surface area contributed by atoms with E-state index in [9.17, 15) is 4.79 Å². The van der Waals surface area contributed by atoms with Gasteiger partial charge >= 0.3 is 5.97 Å². The first-order valence-corrected chi connectivity index (χ1v) is 5.13. The molecule has 0 aliphatic carbocycles. The van der Waals surface area contributed by atoms with Gasteiger partial charge in [0.25, 0.3) is 0 Å². The molecule has 80 valence electrons. The number of carbonyl (C=O) groups is 1. The zero-order valence-corrected chi connectivity index (χ0v) is 8.47. The maximum atomic E-state index is 10.9. The Labute approximate surface area is 88.6 Å². The molecule has 4 nitrogen and oxygen atoms in total. The third kappa shape index (κ3) is 2.33. The lowest BCUT2D eigenvalue weighted by Gasteiger charge is -2.20. The molecule has 1 saturated heterocycles. The summed E-state index contributed by atoms with van der Waals surface area (Å²) in [6, 6.07) is 3.55. The fraction of sp³-hybridized carbons (Fsp3) is 0.455. The quantitative estimate of drug-likeness (QED) is 0.805. The van der Waals surface area contributed by atoms with E-state index in [2.05, 4.69) is 4.98 Å². The lowest BCUT2D eigenvalue weighted by atomic mass is 10.2. The van der Waals surface area contributed by atoms with E-state index in [1.165, 1.54) is 0 Å². The van der Waals surface area contributed by atoms with Crippen molar-refractivity contribution in [2.45, 2.75) is 25.4 Å². The van der Waals surface area contributed by atoms with E-state index in [1.807, 2.05) is 17.0 Å². The number of pyridine rings is 1. The summed E-state index contributed by atoms with van der Waals surface area (Å²) in [6.45, 7) is 1.58. The molecule has 0 saturated carbocycles. The van der Waals surface area contributed by atoms with Gasteiger partial charge in [-0.15, -0.1) is 0 Å². The number of hydrogen-bond donors (Lipinski definition) is 1. The van der Waals surface area contributed by atoms with Gasteiger partial charge < -0.3 is 5.11 Å². The molecule has 0 spiro atoms. The Kier molecular flexibility index (Phi) is 2.97. The Balaban J connectivity index is 2.03. The normalized spacial score (nSPS) is 21.7. The first kappa shape index (κ1) is 10.1. The van der Waals surface area contributed by atoms with E-state index in [0.29, 0.717) is 6.54 Å². The highest BCUT2D eigenvalue weighted by Crippen LogP contribution is 2.19. The minimum absolute atomic E-state index is 0.307. The molecule has 1 N–H and O–H groups in total. The highest BCUT2D eigenvalue weighted by atomic mass is 16.4. The van der Waals surface area contributed by atoms with E-state index in [1.54, 1.807) is 12.4 Å². The maximum absolute atomic E-state index is 10.9. The number of nitrogens with zero attached hydrogens (tertiary/aromatic N) is 2. The summed E-state index contributed by atoms with van der Waals surface area (Å²) in [5.41, 5.74) is 1.12. The van der Waals surface area contributed by atoms with E-state index in [4.69, 9.17) is 5.11 Å². The van der Waals surface area contributed by atoms with E-state index in [0.717, 1.165) is 24.9 Å². The minimum atomic E-state index is -0.707. The predicted octanol–water partition coefficient (Wildman–Crippen LogP) is 1.13. The molecule has 1 fully saturated rings. The van der Waals surface area contributed by atoms with E-state index in [-0.39, 0.29) is 6.04 Å². The van der Waals surface area contributed by atoms with Gasteiger partial charge in [-0.25, -0.2) is 0 Å². The molecule has 0 unspecified atom stereocenters. The summed E-state index contributed by atoms with van der Waals surface area (Å²) in [5, 5.41) is 9.01. The van der Waals surface area contributed by atoms with Crippen molar-refractivity contribution in [1.82, 2.24) is 9.88 Å². The molecule has 4 heteroatoms. The monoisotopic (exact) mass is 206 g/mol. The second kappa shape index (κ2) is 4.40. The van der Waals surface area contributed by atoms with Gasteiger partial charge in [-0.1, -0.05) is 0 Å². The summed E-state index contributed by atoms with van der Waals surface area (Å²) in [7, 11) is 0. The fourth-order valence-electron chi connectivity index (χ4n) is 2.02. The molecule has 0 radical (unpaired) electrons. The Hall–Kier alpha value is -1.42. The average molecular weight is 206 g/mol. The number of carboxylic acids is 1. The molecule has 0 aromatic carbocycles. The zero-order chi connectivity index (χ0) is 10.7. The average Bonchev–Trinajstić information content (AvgIpc) is 2.67. The van der Waals surface area contributed by atoms with Crippen LogP contribution >= 0.6 is 0 Å². The number of rotatable bonds is 3. The molecule has 1 aromatic heterocycles. The van der Waals surface area contributed by atoms with Gasteiger partial charge in [0.15, 0.2) is 0 Å². The topological polar surface area (TPSA) is 53.4 Å². The van der Waals surface area contributed by atoms with Crippen molar-refractivity contribution in [2.75, 3.05) is 6.54 Å². The third-order valence-corrected chi connectivity index (χ3v) is 2.78. The smallest absolute Gasteiger partial charge is 0.320 e. The van der Waals surface area contributed by atoms with Crippen LogP contribution in [0.15, 0.2) is 24.5 Å². The summed E-state index contributed by atoms with van der Waals surface area (Å²) < 4.78 is 0. The third-order valence-electron chi connectivity index (χ3n) is 2.78. The molecular weight excluding hydrogens is 192 g/mol. The molecule has 1 aliphatic rings. The molecule has 15 heavy (non-hydrogen) atoms. The number of likely N-dealkylation sites (tertiary alicyclic amines) is 1. The van der Waals surface area contributed by atoms with Crippen LogP contribution < -0.4 is 0 Å².